The van der Waals surface area contributed by atoms with Crippen LogP contribution in [0.15, 0.2) is 57.7 Å². The van der Waals surface area contributed by atoms with Gasteiger partial charge in [0, 0.05) is 28.8 Å². The van der Waals surface area contributed by atoms with E-state index < -0.39 is 24.0 Å². The third kappa shape index (κ3) is 5.12. The van der Waals surface area contributed by atoms with Crippen molar-refractivity contribution >= 4 is 28.5 Å². The lowest BCUT2D eigenvalue weighted by Gasteiger charge is -2.09. The Morgan fingerprint density at radius 3 is 2.36 bits per heavy atom. The standard InChI is InChI=1S/C28H25NO7/c1-15-11-25(32)36-24-12-21(9-10-22(15)24)34-13-19-5-7-20(8-6-19)28(33)35-14-23(31)27-16(2)26(18(4)30)17(3)29-27/h5-12,29H,13-14H2,1-4H3. The predicted octanol–water partition coefficient (Wildman–Crippen LogP) is 4.87. The normalized spacial score (nSPS) is 10.9. The molecule has 4 rings (SSSR count). The highest BCUT2D eigenvalue weighted by Gasteiger charge is 2.21. The van der Waals surface area contributed by atoms with Crippen LogP contribution in [0.3, 0.4) is 0 Å². The number of hydrogen-bond acceptors (Lipinski definition) is 7. The minimum absolute atomic E-state index is 0.135. The van der Waals surface area contributed by atoms with Crippen LogP contribution in [0.25, 0.3) is 11.0 Å². The van der Waals surface area contributed by atoms with Gasteiger partial charge in [-0.1, -0.05) is 12.1 Å². The molecule has 0 aliphatic carbocycles. The summed E-state index contributed by atoms with van der Waals surface area (Å²) < 4.78 is 16.2. The summed E-state index contributed by atoms with van der Waals surface area (Å²) in [6.45, 7) is 6.47. The van der Waals surface area contributed by atoms with Crippen molar-refractivity contribution in [1.29, 1.82) is 0 Å². The van der Waals surface area contributed by atoms with Crippen LogP contribution >= 0.6 is 0 Å². The Morgan fingerprint density at radius 1 is 0.972 bits per heavy atom. The summed E-state index contributed by atoms with van der Waals surface area (Å²) in [7, 11) is 0. The molecule has 0 saturated heterocycles. The average Bonchev–Trinajstić information content (AvgIpc) is 3.14. The first kappa shape index (κ1) is 24.7. The van der Waals surface area contributed by atoms with Gasteiger partial charge in [0.15, 0.2) is 12.4 Å². The summed E-state index contributed by atoms with van der Waals surface area (Å²) in [5.41, 5.74) is 3.86. The van der Waals surface area contributed by atoms with Crippen LogP contribution in [0.1, 0.15) is 60.5 Å². The second kappa shape index (κ2) is 10.0. The fourth-order valence-electron chi connectivity index (χ4n) is 4.14. The molecular formula is C28H25NO7. The Hall–Kier alpha value is -4.46. The molecule has 2 aromatic carbocycles. The fraction of sp³-hybridized carbons (Fsp3) is 0.214. The zero-order valence-corrected chi connectivity index (χ0v) is 20.4. The Kier molecular flexibility index (Phi) is 6.87. The van der Waals surface area contributed by atoms with Crippen LogP contribution < -0.4 is 10.4 Å². The summed E-state index contributed by atoms with van der Waals surface area (Å²) >= 11 is 0. The SMILES string of the molecule is CC(=O)c1c(C)[nH]c(C(=O)COC(=O)c2ccc(COc3ccc4c(C)cc(=O)oc4c3)cc2)c1C. The largest absolute Gasteiger partial charge is 0.489 e. The summed E-state index contributed by atoms with van der Waals surface area (Å²) in [5.74, 6) is -0.643. The number of benzene rings is 2. The molecule has 0 spiro atoms. The van der Waals surface area contributed by atoms with Crippen LogP contribution in [-0.2, 0) is 11.3 Å². The van der Waals surface area contributed by atoms with Gasteiger partial charge >= 0.3 is 11.6 Å². The molecule has 8 heteroatoms. The molecule has 2 heterocycles. The number of esters is 1. The van der Waals surface area contributed by atoms with Crippen molar-refractivity contribution in [1.82, 2.24) is 4.98 Å². The zero-order chi connectivity index (χ0) is 26.0. The first-order valence-corrected chi connectivity index (χ1v) is 11.3. The Morgan fingerprint density at radius 2 is 1.69 bits per heavy atom. The minimum atomic E-state index is -0.636. The van der Waals surface area contributed by atoms with Gasteiger partial charge < -0.3 is 18.9 Å². The number of aromatic nitrogens is 1. The number of carbonyl (C=O) groups excluding carboxylic acids is 3. The second-order valence-corrected chi connectivity index (χ2v) is 8.57. The molecule has 184 valence electrons. The third-order valence-corrected chi connectivity index (χ3v) is 5.92. The Labute approximate surface area is 206 Å². The molecule has 0 unspecified atom stereocenters. The highest BCUT2D eigenvalue weighted by atomic mass is 16.5. The van der Waals surface area contributed by atoms with Crippen molar-refractivity contribution in [3.8, 4) is 5.75 Å². The summed E-state index contributed by atoms with van der Waals surface area (Å²) in [4.78, 5) is 51.2. The molecule has 0 radical (unpaired) electrons. The number of aryl methyl sites for hydroxylation is 2. The quantitative estimate of drug-likeness (QED) is 0.214. The molecular weight excluding hydrogens is 462 g/mol. The number of ether oxygens (including phenoxy) is 2. The smallest absolute Gasteiger partial charge is 0.338 e. The average molecular weight is 488 g/mol. The fourth-order valence-corrected chi connectivity index (χ4v) is 4.14. The number of hydrogen-bond donors (Lipinski definition) is 1. The van der Waals surface area contributed by atoms with E-state index in [1.165, 1.54) is 13.0 Å². The van der Waals surface area contributed by atoms with E-state index in [9.17, 15) is 19.2 Å². The van der Waals surface area contributed by atoms with Crippen molar-refractivity contribution in [3.63, 3.8) is 0 Å². The molecule has 0 bridgehead atoms. The van der Waals surface area contributed by atoms with Gasteiger partial charge in [0.25, 0.3) is 0 Å². The predicted molar refractivity (Wildman–Crippen MR) is 133 cm³/mol. The molecule has 0 fully saturated rings. The van der Waals surface area contributed by atoms with Gasteiger partial charge in [-0.15, -0.1) is 0 Å². The van der Waals surface area contributed by atoms with E-state index in [0.717, 1.165) is 16.5 Å². The topological polar surface area (TPSA) is 116 Å². The molecule has 2 aromatic heterocycles. The first-order valence-electron chi connectivity index (χ1n) is 11.3. The minimum Gasteiger partial charge on any atom is -0.489 e. The molecule has 8 nitrogen and oxygen atoms in total. The number of fused-ring (bicyclic) bond motifs is 1. The maximum atomic E-state index is 12.5. The van der Waals surface area contributed by atoms with E-state index >= 15 is 0 Å². The zero-order valence-electron chi connectivity index (χ0n) is 20.4. The summed E-state index contributed by atoms with van der Waals surface area (Å²) in [6, 6.07) is 13.4. The number of aromatic amines is 1. The van der Waals surface area contributed by atoms with Crippen LogP contribution in [-0.4, -0.2) is 29.1 Å². The molecule has 1 N–H and O–H groups in total. The van der Waals surface area contributed by atoms with Crippen molar-refractivity contribution in [2.24, 2.45) is 0 Å². The van der Waals surface area contributed by atoms with Gasteiger partial charge in [-0.3, -0.25) is 9.59 Å². The van der Waals surface area contributed by atoms with Gasteiger partial charge in [0.05, 0.1) is 11.3 Å². The summed E-state index contributed by atoms with van der Waals surface area (Å²) in [6.07, 6.45) is 0. The van der Waals surface area contributed by atoms with Gasteiger partial charge in [0.2, 0.25) is 5.78 Å². The number of Topliss-reactive ketones (excluding diaryl/α,β-unsaturated/α-hetero) is 2. The van der Waals surface area contributed by atoms with Crippen LogP contribution in [0.4, 0.5) is 0 Å². The molecule has 0 atom stereocenters. The van der Waals surface area contributed by atoms with Gasteiger partial charge in [0.1, 0.15) is 17.9 Å². The van der Waals surface area contributed by atoms with Crippen LogP contribution in [0, 0.1) is 20.8 Å². The van der Waals surface area contributed by atoms with E-state index in [4.69, 9.17) is 13.9 Å². The van der Waals surface area contributed by atoms with E-state index in [1.54, 1.807) is 50.2 Å². The van der Waals surface area contributed by atoms with Gasteiger partial charge in [-0.25, -0.2) is 9.59 Å². The Balaban J connectivity index is 1.35. The second-order valence-electron chi connectivity index (χ2n) is 8.57. The van der Waals surface area contributed by atoms with Crippen molar-refractivity contribution in [2.75, 3.05) is 6.61 Å². The number of ketones is 2. The lowest BCUT2D eigenvalue weighted by Crippen LogP contribution is -2.15. The molecule has 4 aromatic rings. The number of nitrogens with one attached hydrogen (secondary N) is 1. The van der Waals surface area contributed by atoms with E-state index in [-0.39, 0.29) is 18.1 Å². The van der Waals surface area contributed by atoms with E-state index in [1.807, 2.05) is 13.0 Å². The first-order chi connectivity index (χ1) is 17.1. The van der Waals surface area contributed by atoms with E-state index in [2.05, 4.69) is 4.98 Å². The van der Waals surface area contributed by atoms with Crippen LogP contribution in [0.5, 0.6) is 5.75 Å². The maximum Gasteiger partial charge on any atom is 0.338 e. The molecule has 0 aliphatic heterocycles. The number of rotatable bonds is 8. The number of carbonyl (C=O) groups is 3. The van der Waals surface area contributed by atoms with Crippen molar-refractivity contribution in [3.05, 3.63) is 98.2 Å². The lowest BCUT2D eigenvalue weighted by molar-refractivity contribution is 0.0473. The maximum absolute atomic E-state index is 12.5. The number of H-pyrrole nitrogens is 1. The van der Waals surface area contributed by atoms with Crippen molar-refractivity contribution in [2.45, 2.75) is 34.3 Å². The lowest BCUT2D eigenvalue weighted by atomic mass is 10.1. The molecule has 0 aliphatic rings. The highest BCUT2D eigenvalue weighted by Crippen LogP contribution is 2.23. The highest BCUT2D eigenvalue weighted by molar-refractivity contribution is 6.04. The van der Waals surface area contributed by atoms with Crippen LogP contribution in [0.2, 0.25) is 0 Å². The third-order valence-electron chi connectivity index (χ3n) is 5.92. The van der Waals surface area contributed by atoms with Gasteiger partial charge in [-0.05, 0) is 68.7 Å². The molecule has 0 saturated carbocycles. The molecule has 36 heavy (non-hydrogen) atoms. The van der Waals surface area contributed by atoms with Gasteiger partial charge in [-0.2, -0.15) is 0 Å². The van der Waals surface area contributed by atoms with Crippen molar-refractivity contribution < 1.29 is 28.3 Å². The molecule has 0 amide bonds. The summed E-state index contributed by atoms with van der Waals surface area (Å²) in [5, 5.41) is 0.837. The Bertz CT molecular complexity index is 1540. The monoisotopic (exact) mass is 487 g/mol. The van der Waals surface area contributed by atoms with E-state index in [0.29, 0.717) is 33.7 Å².